The van der Waals surface area contributed by atoms with Gasteiger partial charge in [-0.25, -0.2) is 87.8 Å². The largest absolute Gasteiger partial charge is 0.207 e. The lowest BCUT2D eigenvalue weighted by Crippen LogP contribution is -2.81. The standard InChI is InChI=1S/C24BF20.C10H8S3/c26-5-1(6(27)14(35)21(42)13(5)34)25(2-7(28)15(36)22(43)16(37)8(2)29,3-9(30)17(38)23(44)18(39)10(3)31)4-11(32)19(40)24(45)20(41)12(4)33;11-9-6-7-10(13-9)12-8-4-2-1-3-5-8/h;1-7,11H/q-1;/p+1. The molecule has 0 aliphatic heterocycles. The second-order valence-electron chi connectivity index (χ2n) is 11.3. The Morgan fingerprint density at radius 3 is 0.793 bits per heavy atom. The molecule has 0 bridgehead atoms. The summed E-state index contributed by atoms with van der Waals surface area (Å²) in [6.07, 6.45) is -7.22. The third-order valence-corrected chi connectivity index (χ3v) is 10.8. The van der Waals surface area contributed by atoms with Gasteiger partial charge in [0, 0.05) is 23.6 Å². The zero-order chi connectivity index (χ0) is 43.5. The fourth-order valence-electron chi connectivity index (χ4n) is 5.85. The van der Waals surface area contributed by atoms with E-state index in [1.807, 2.05) is 6.07 Å². The smallest absolute Gasteiger partial charge is 0.205 e. The SMILES string of the molecule is Fc1c(F)c(F)c([B-](c2c(F)c(F)c(F)c(F)c2F)(c2c(F)c(F)c(F)c(F)c2F)c2c(F)c(F)c(F)c(F)c2F)c(F)c1F.[SH2+]c1ccc(Sc2ccccc2)s1. The van der Waals surface area contributed by atoms with Gasteiger partial charge in [-0.05, 0) is 18.2 Å². The molecule has 0 N–H and O–H groups in total. The molecule has 306 valence electrons. The molecule has 0 aliphatic rings. The summed E-state index contributed by atoms with van der Waals surface area (Å²) in [5.74, 6) is -71.4. The van der Waals surface area contributed by atoms with Crippen molar-refractivity contribution in [1.82, 2.24) is 0 Å². The highest BCUT2D eigenvalue weighted by Crippen LogP contribution is 2.34. The summed E-state index contributed by atoms with van der Waals surface area (Å²) >= 11 is 7.05. The van der Waals surface area contributed by atoms with Crippen LogP contribution in [0, 0.1) is 116 Å². The second-order valence-corrected chi connectivity index (χ2v) is 14.7. The highest BCUT2D eigenvalue weighted by molar-refractivity contribution is 8.01. The Labute approximate surface area is 323 Å². The molecule has 0 radical (unpaired) electrons. The van der Waals surface area contributed by atoms with E-state index in [2.05, 4.69) is 49.0 Å². The highest BCUT2D eigenvalue weighted by atomic mass is 32.2. The Morgan fingerprint density at radius 1 is 0.328 bits per heavy atom. The molecule has 0 nitrogen and oxygen atoms in total. The summed E-state index contributed by atoms with van der Waals surface area (Å²) < 4.78 is 296. The fraction of sp³-hybridized carbons (Fsp3) is 0. The molecule has 0 spiro atoms. The molecule has 0 aliphatic carbocycles. The first-order chi connectivity index (χ1) is 27.0. The third kappa shape index (κ3) is 6.94. The van der Waals surface area contributed by atoms with E-state index in [9.17, 15) is 52.7 Å². The van der Waals surface area contributed by atoms with Crippen molar-refractivity contribution in [2.45, 2.75) is 13.3 Å². The maximum Gasteiger partial charge on any atom is 0.205 e. The van der Waals surface area contributed by atoms with Crippen LogP contribution in [0.3, 0.4) is 0 Å². The zero-order valence-corrected chi connectivity index (χ0v) is 29.6. The van der Waals surface area contributed by atoms with Gasteiger partial charge in [-0.1, -0.05) is 41.3 Å². The van der Waals surface area contributed by atoms with Gasteiger partial charge in [-0.15, -0.1) is 21.9 Å². The summed E-state index contributed by atoms with van der Waals surface area (Å²) in [6.45, 7) is 0. The van der Waals surface area contributed by atoms with Gasteiger partial charge in [0.25, 0.3) is 0 Å². The molecule has 0 unspecified atom stereocenters. The van der Waals surface area contributed by atoms with Crippen molar-refractivity contribution in [2.24, 2.45) is 0 Å². The predicted octanol–water partition coefficient (Wildman–Crippen LogP) is 9.12. The average molecular weight is 904 g/mol. The number of thiophene rings is 1. The van der Waals surface area contributed by atoms with Gasteiger partial charge in [0.05, 0.1) is 4.21 Å². The van der Waals surface area contributed by atoms with E-state index < -0.39 is 144 Å². The highest BCUT2D eigenvalue weighted by Gasteiger charge is 2.52. The number of rotatable bonds is 6. The van der Waals surface area contributed by atoms with Crippen LogP contribution in [0.1, 0.15) is 0 Å². The van der Waals surface area contributed by atoms with E-state index in [0.29, 0.717) is 0 Å². The third-order valence-electron chi connectivity index (χ3n) is 8.25. The lowest BCUT2D eigenvalue weighted by Gasteiger charge is -2.44. The molecule has 5 aromatic carbocycles. The Bertz CT molecular complexity index is 2230. The molecule has 58 heavy (non-hydrogen) atoms. The van der Waals surface area contributed by atoms with Crippen LogP contribution in [0.15, 0.2) is 55.8 Å². The molecule has 0 saturated carbocycles. The topological polar surface area (TPSA) is 0 Å². The van der Waals surface area contributed by atoms with E-state index in [1.165, 1.54) is 13.3 Å². The van der Waals surface area contributed by atoms with Gasteiger partial charge in [0.2, 0.25) is 4.21 Å². The average Bonchev–Trinajstić information content (AvgIpc) is 3.62. The Morgan fingerprint density at radius 2 is 0.569 bits per heavy atom. The molecule has 0 saturated heterocycles. The first kappa shape index (κ1) is 44.3. The summed E-state index contributed by atoms with van der Waals surface area (Å²) in [4.78, 5) is 1.29. The van der Waals surface area contributed by atoms with E-state index in [0.717, 1.165) is 0 Å². The van der Waals surface area contributed by atoms with Crippen molar-refractivity contribution in [2.75, 3.05) is 0 Å². The quantitative estimate of drug-likeness (QED) is 0.0529. The lowest BCUT2D eigenvalue weighted by atomic mass is 9.12. The summed E-state index contributed by atoms with van der Waals surface area (Å²) in [5.41, 5.74) is -14.3. The van der Waals surface area contributed by atoms with Crippen LogP contribution < -0.4 is 21.9 Å². The molecule has 1 heterocycles. The Hall–Kier alpha value is -4.84. The molecule has 0 atom stereocenters. The van der Waals surface area contributed by atoms with E-state index >= 15 is 35.1 Å². The minimum Gasteiger partial charge on any atom is -0.207 e. The maximum atomic E-state index is 15.4. The van der Waals surface area contributed by atoms with Crippen molar-refractivity contribution in [3.63, 3.8) is 0 Å². The second kappa shape index (κ2) is 16.4. The fourth-order valence-corrected chi connectivity index (χ4v) is 8.36. The van der Waals surface area contributed by atoms with Crippen LogP contribution in [0.25, 0.3) is 0 Å². The number of hydrogen-bond acceptors (Lipinski definition) is 2. The van der Waals surface area contributed by atoms with E-state index in [-0.39, 0.29) is 0 Å². The van der Waals surface area contributed by atoms with Crippen molar-refractivity contribution >= 4 is 63.7 Å². The van der Waals surface area contributed by atoms with E-state index in [4.69, 9.17) is 0 Å². The maximum absolute atomic E-state index is 15.4. The van der Waals surface area contributed by atoms with Crippen molar-refractivity contribution in [3.8, 4) is 0 Å². The minimum atomic E-state index is -7.22. The van der Waals surface area contributed by atoms with Gasteiger partial charge in [-0.3, -0.25) is 0 Å². The monoisotopic (exact) mass is 904 g/mol. The van der Waals surface area contributed by atoms with Gasteiger partial charge < -0.3 is 0 Å². The minimum absolute atomic E-state index is 1.18. The summed E-state index contributed by atoms with van der Waals surface area (Å²) in [6, 6.07) is 14.6. The molecule has 24 heteroatoms. The van der Waals surface area contributed by atoms with Crippen molar-refractivity contribution in [3.05, 3.63) is 159 Å². The predicted molar refractivity (Wildman–Crippen MR) is 173 cm³/mol. The molecule has 6 aromatic rings. The van der Waals surface area contributed by atoms with Gasteiger partial charge in [-0.2, -0.15) is 0 Å². The summed E-state index contributed by atoms with van der Waals surface area (Å²) in [7, 11) is 0. The first-order valence-electron chi connectivity index (χ1n) is 14.8. The first-order valence-corrected chi connectivity index (χ1v) is 17.0. The van der Waals surface area contributed by atoms with Gasteiger partial charge >= 0.3 is 0 Å². The van der Waals surface area contributed by atoms with Crippen molar-refractivity contribution < 1.29 is 87.8 Å². The normalized spacial score (nSPS) is 11.6. The van der Waals surface area contributed by atoms with Crippen LogP contribution >= 0.6 is 23.1 Å². The Balaban J connectivity index is 0.000000414. The van der Waals surface area contributed by atoms with Gasteiger partial charge in [0.15, 0.2) is 69.8 Å². The zero-order valence-electron chi connectivity index (χ0n) is 27.0. The summed E-state index contributed by atoms with van der Waals surface area (Å²) in [5, 5.41) is 0. The Kier molecular flexibility index (Phi) is 12.5. The molecule has 0 fully saturated rings. The van der Waals surface area contributed by atoms with Gasteiger partial charge in [0.1, 0.15) is 52.7 Å². The van der Waals surface area contributed by atoms with Crippen LogP contribution in [0.2, 0.25) is 0 Å². The number of halogens is 20. The van der Waals surface area contributed by atoms with Crippen LogP contribution in [-0.4, -0.2) is 6.15 Å². The van der Waals surface area contributed by atoms with Crippen LogP contribution in [-0.2, 0) is 12.6 Å². The molecule has 6 rings (SSSR count). The molecule has 0 amide bonds. The van der Waals surface area contributed by atoms with E-state index in [1.54, 1.807) is 23.1 Å². The van der Waals surface area contributed by atoms with Crippen LogP contribution in [0.5, 0.6) is 0 Å². The lowest BCUT2D eigenvalue weighted by molar-refractivity contribution is 0.378. The van der Waals surface area contributed by atoms with Crippen molar-refractivity contribution in [1.29, 1.82) is 0 Å². The molecular formula is C34H9BF20S3. The molecule has 1 aromatic heterocycles. The number of benzene rings is 5. The molecular weight excluding hydrogens is 895 g/mol. The number of hydrogen-bond donors (Lipinski definition) is 0. The van der Waals surface area contributed by atoms with Crippen LogP contribution in [0.4, 0.5) is 87.8 Å².